The van der Waals surface area contributed by atoms with Crippen LogP contribution >= 0.6 is 0 Å². The average molecular weight is 249 g/mol. The highest BCUT2D eigenvalue weighted by Crippen LogP contribution is 2.45. The summed E-state index contributed by atoms with van der Waals surface area (Å²) < 4.78 is 0. The second kappa shape index (κ2) is 4.50. The molecule has 1 saturated heterocycles. The van der Waals surface area contributed by atoms with E-state index in [-0.39, 0.29) is 0 Å². The molecule has 0 N–H and O–H groups in total. The van der Waals surface area contributed by atoms with Gasteiger partial charge in [0, 0.05) is 12.1 Å². The molecule has 2 atom stereocenters. The van der Waals surface area contributed by atoms with Crippen LogP contribution in [0, 0.1) is 0 Å². The predicted molar refractivity (Wildman–Crippen MR) is 78.0 cm³/mol. The summed E-state index contributed by atoms with van der Waals surface area (Å²) in [7, 11) is 0. The number of hydrogen-bond donors (Lipinski definition) is 0. The molecule has 0 aliphatic carbocycles. The minimum absolute atomic E-state index is 0.573. The van der Waals surface area contributed by atoms with Crippen LogP contribution in [-0.4, -0.2) is 11.4 Å². The van der Waals surface area contributed by atoms with Crippen molar-refractivity contribution in [2.24, 2.45) is 0 Å². The maximum atomic E-state index is 2.72. The van der Waals surface area contributed by atoms with E-state index in [1.165, 1.54) is 24.9 Å². The maximum absolute atomic E-state index is 2.72. The second-order valence-electron chi connectivity index (χ2n) is 5.73. The molecule has 0 bridgehead atoms. The number of benzene rings is 2. The summed E-state index contributed by atoms with van der Waals surface area (Å²) in [6.45, 7) is 1.25. The van der Waals surface area contributed by atoms with Gasteiger partial charge in [-0.2, -0.15) is 0 Å². The lowest BCUT2D eigenvalue weighted by Gasteiger charge is -2.39. The molecule has 4 rings (SSSR count). The fraction of sp³-hybridized carbons (Fsp3) is 0.333. The van der Waals surface area contributed by atoms with E-state index in [0.717, 1.165) is 6.42 Å². The van der Waals surface area contributed by atoms with E-state index in [1.807, 2.05) is 0 Å². The Morgan fingerprint density at radius 1 is 0.842 bits per heavy atom. The molecule has 1 nitrogen and oxygen atoms in total. The number of nitrogens with zero attached hydrogens (tertiary/aromatic N) is 1. The van der Waals surface area contributed by atoms with Crippen molar-refractivity contribution in [3.8, 4) is 0 Å². The Bertz CT molecular complexity index is 575. The highest BCUT2D eigenvalue weighted by molar-refractivity contribution is 5.36. The van der Waals surface area contributed by atoms with E-state index in [1.54, 1.807) is 11.1 Å². The van der Waals surface area contributed by atoms with Gasteiger partial charge in [0.15, 0.2) is 0 Å². The van der Waals surface area contributed by atoms with Gasteiger partial charge in [0.05, 0.1) is 0 Å². The molecule has 0 amide bonds. The van der Waals surface area contributed by atoms with Crippen molar-refractivity contribution in [2.45, 2.75) is 31.3 Å². The van der Waals surface area contributed by atoms with Crippen LogP contribution < -0.4 is 0 Å². The van der Waals surface area contributed by atoms with Gasteiger partial charge in [0.25, 0.3) is 0 Å². The molecule has 1 heteroatoms. The van der Waals surface area contributed by atoms with Gasteiger partial charge in [-0.3, -0.25) is 4.90 Å². The molecule has 2 heterocycles. The van der Waals surface area contributed by atoms with Crippen LogP contribution in [0.2, 0.25) is 0 Å². The topological polar surface area (TPSA) is 3.24 Å². The lowest BCUT2D eigenvalue weighted by atomic mass is 9.86. The van der Waals surface area contributed by atoms with Gasteiger partial charge < -0.3 is 0 Å². The van der Waals surface area contributed by atoms with Gasteiger partial charge in [0.1, 0.15) is 0 Å². The second-order valence-corrected chi connectivity index (χ2v) is 5.73. The average Bonchev–Trinajstić information content (AvgIpc) is 2.97. The summed E-state index contributed by atoms with van der Waals surface area (Å²) in [6.07, 6.45) is 3.82. The van der Waals surface area contributed by atoms with Crippen molar-refractivity contribution in [1.29, 1.82) is 0 Å². The standard InChI is InChI=1S/C18H19N/c1-2-7-14(8-3-1)18-13-15-9-4-5-10-16(15)17-11-6-12-19(17)18/h1-5,7-10,17-18H,6,11-13H2/t17-,18+/m0/s1. The smallest absolute Gasteiger partial charge is 0.0394 e. The Morgan fingerprint density at radius 2 is 1.63 bits per heavy atom. The highest BCUT2D eigenvalue weighted by atomic mass is 15.2. The molecule has 2 aliphatic rings. The third-order valence-corrected chi connectivity index (χ3v) is 4.71. The summed E-state index contributed by atoms with van der Waals surface area (Å²) >= 11 is 0. The lowest BCUT2D eigenvalue weighted by molar-refractivity contribution is 0.163. The van der Waals surface area contributed by atoms with Crippen molar-refractivity contribution in [1.82, 2.24) is 4.90 Å². The fourth-order valence-corrected chi connectivity index (χ4v) is 3.85. The Hall–Kier alpha value is -1.60. The van der Waals surface area contributed by atoms with E-state index in [9.17, 15) is 0 Å². The lowest BCUT2D eigenvalue weighted by Crippen LogP contribution is -2.34. The predicted octanol–water partition coefficient (Wildman–Crippen LogP) is 4.12. The van der Waals surface area contributed by atoms with Crippen LogP contribution in [-0.2, 0) is 6.42 Å². The van der Waals surface area contributed by atoms with Crippen LogP contribution in [0.3, 0.4) is 0 Å². The molecule has 0 aromatic heterocycles. The van der Waals surface area contributed by atoms with E-state index < -0.39 is 0 Å². The minimum atomic E-state index is 0.573. The van der Waals surface area contributed by atoms with Crippen molar-refractivity contribution in [3.63, 3.8) is 0 Å². The van der Waals surface area contributed by atoms with Gasteiger partial charge in [-0.1, -0.05) is 54.6 Å². The first-order chi connectivity index (χ1) is 9.43. The van der Waals surface area contributed by atoms with Crippen molar-refractivity contribution < 1.29 is 0 Å². The van der Waals surface area contributed by atoms with Crippen LogP contribution in [0.15, 0.2) is 54.6 Å². The third-order valence-electron chi connectivity index (χ3n) is 4.71. The Kier molecular flexibility index (Phi) is 2.66. The van der Waals surface area contributed by atoms with Crippen molar-refractivity contribution in [3.05, 3.63) is 71.3 Å². The summed E-state index contributed by atoms with van der Waals surface area (Å²) in [6, 6.07) is 21.3. The van der Waals surface area contributed by atoms with Crippen LogP contribution in [0.25, 0.3) is 0 Å². The van der Waals surface area contributed by atoms with E-state index in [2.05, 4.69) is 59.5 Å². The van der Waals surface area contributed by atoms with Gasteiger partial charge >= 0.3 is 0 Å². The third kappa shape index (κ3) is 1.81. The molecule has 2 aromatic carbocycles. The van der Waals surface area contributed by atoms with Crippen molar-refractivity contribution >= 4 is 0 Å². The molecule has 19 heavy (non-hydrogen) atoms. The molecule has 0 spiro atoms. The van der Waals surface area contributed by atoms with Gasteiger partial charge in [-0.05, 0) is 42.5 Å². The highest BCUT2D eigenvalue weighted by Gasteiger charge is 2.37. The van der Waals surface area contributed by atoms with Gasteiger partial charge in [-0.15, -0.1) is 0 Å². The first-order valence-corrected chi connectivity index (χ1v) is 7.32. The summed E-state index contributed by atoms with van der Waals surface area (Å²) in [5.74, 6) is 0. The first kappa shape index (κ1) is 11.2. The van der Waals surface area contributed by atoms with E-state index in [0.29, 0.717) is 12.1 Å². The van der Waals surface area contributed by atoms with Crippen LogP contribution in [0.4, 0.5) is 0 Å². The summed E-state index contributed by atoms with van der Waals surface area (Å²) in [5, 5.41) is 0. The zero-order valence-electron chi connectivity index (χ0n) is 11.1. The molecule has 0 unspecified atom stereocenters. The Balaban J connectivity index is 1.79. The molecule has 96 valence electrons. The SMILES string of the molecule is c1ccc([C@H]2Cc3ccccc3[C@@H]3CCCN23)cc1. The summed E-state index contributed by atoms with van der Waals surface area (Å²) in [4.78, 5) is 2.72. The zero-order valence-corrected chi connectivity index (χ0v) is 11.1. The fourth-order valence-electron chi connectivity index (χ4n) is 3.85. The maximum Gasteiger partial charge on any atom is 0.0394 e. The monoisotopic (exact) mass is 249 g/mol. The number of fused-ring (bicyclic) bond motifs is 3. The van der Waals surface area contributed by atoms with E-state index in [4.69, 9.17) is 0 Å². The quantitative estimate of drug-likeness (QED) is 0.735. The number of rotatable bonds is 1. The molecule has 1 fully saturated rings. The van der Waals surface area contributed by atoms with Crippen LogP contribution in [0.5, 0.6) is 0 Å². The normalized spacial score (nSPS) is 25.9. The molecule has 0 radical (unpaired) electrons. The molecule has 2 aromatic rings. The number of hydrogen-bond acceptors (Lipinski definition) is 1. The molecular weight excluding hydrogens is 230 g/mol. The zero-order chi connectivity index (χ0) is 12.7. The Labute approximate surface area is 114 Å². The van der Waals surface area contributed by atoms with Crippen molar-refractivity contribution in [2.75, 3.05) is 6.54 Å². The molecule has 0 saturated carbocycles. The largest absolute Gasteiger partial charge is 0.289 e. The van der Waals surface area contributed by atoms with E-state index >= 15 is 0 Å². The van der Waals surface area contributed by atoms with Gasteiger partial charge in [0.2, 0.25) is 0 Å². The Morgan fingerprint density at radius 3 is 2.53 bits per heavy atom. The molecular formula is C18H19N. The van der Waals surface area contributed by atoms with Gasteiger partial charge in [-0.25, -0.2) is 0 Å². The first-order valence-electron chi connectivity index (χ1n) is 7.32. The van der Waals surface area contributed by atoms with Crippen LogP contribution in [0.1, 0.15) is 41.6 Å². The molecule has 2 aliphatic heterocycles. The summed E-state index contributed by atoms with van der Waals surface area (Å²) in [5.41, 5.74) is 4.61. The minimum Gasteiger partial charge on any atom is -0.289 e.